The zero-order chi connectivity index (χ0) is 13.4. The van der Waals surface area contributed by atoms with Gasteiger partial charge in [-0.25, -0.2) is 9.97 Å². The largest absolute Gasteiger partial charge is 0.360 e. The van der Waals surface area contributed by atoms with E-state index in [1.165, 1.54) is 0 Å². The van der Waals surface area contributed by atoms with Gasteiger partial charge in [-0.15, -0.1) is 11.3 Å². The first-order valence-electron chi connectivity index (χ1n) is 6.05. The van der Waals surface area contributed by atoms with Crippen LogP contribution in [-0.2, 0) is 0 Å². The molecular weight excluding hydrogens is 272 g/mol. The van der Waals surface area contributed by atoms with Gasteiger partial charge in [-0.3, -0.25) is 5.10 Å². The van der Waals surface area contributed by atoms with Gasteiger partial charge in [0.15, 0.2) is 5.82 Å². The molecule has 0 unspecified atom stereocenters. The van der Waals surface area contributed by atoms with Gasteiger partial charge in [-0.1, -0.05) is 0 Å². The second-order valence-electron chi connectivity index (χ2n) is 4.20. The van der Waals surface area contributed by atoms with Crippen molar-refractivity contribution in [1.82, 2.24) is 30.1 Å². The van der Waals surface area contributed by atoms with Crippen LogP contribution in [0.25, 0.3) is 33.6 Å². The van der Waals surface area contributed by atoms with E-state index < -0.39 is 0 Å². The molecule has 98 valence electrons. The molecule has 7 heteroatoms. The molecule has 0 amide bonds. The van der Waals surface area contributed by atoms with Crippen LogP contribution in [0.3, 0.4) is 0 Å². The number of imidazole rings is 1. The first-order chi connectivity index (χ1) is 9.92. The minimum Gasteiger partial charge on any atom is -0.360 e. The van der Waals surface area contributed by atoms with Gasteiger partial charge >= 0.3 is 0 Å². The van der Waals surface area contributed by atoms with Crippen molar-refractivity contribution >= 4 is 11.3 Å². The van der Waals surface area contributed by atoms with Crippen LogP contribution in [0.15, 0.2) is 42.2 Å². The highest BCUT2D eigenvalue weighted by Gasteiger charge is 2.17. The Morgan fingerprint density at radius 3 is 2.80 bits per heavy atom. The van der Waals surface area contributed by atoms with Gasteiger partial charge in [0.1, 0.15) is 22.1 Å². The van der Waals surface area contributed by atoms with Crippen LogP contribution < -0.4 is 0 Å². The molecule has 3 N–H and O–H groups in total. The Labute approximate surface area is 117 Å². The summed E-state index contributed by atoms with van der Waals surface area (Å²) in [4.78, 5) is 15.5. The zero-order valence-corrected chi connectivity index (χ0v) is 11.1. The van der Waals surface area contributed by atoms with E-state index in [9.17, 15) is 0 Å². The fourth-order valence-corrected chi connectivity index (χ4v) is 2.70. The molecule has 4 aromatic heterocycles. The van der Waals surface area contributed by atoms with Crippen molar-refractivity contribution in [2.75, 3.05) is 0 Å². The Hall–Kier alpha value is -2.67. The first kappa shape index (κ1) is 11.2. The van der Waals surface area contributed by atoms with Crippen molar-refractivity contribution in [1.29, 1.82) is 0 Å². The average Bonchev–Trinajstić information content (AvgIpc) is 3.22. The van der Waals surface area contributed by atoms with Crippen molar-refractivity contribution in [2.45, 2.75) is 0 Å². The number of nitrogens with one attached hydrogen (secondary N) is 3. The molecule has 0 fully saturated rings. The predicted molar refractivity (Wildman–Crippen MR) is 77.1 cm³/mol. The fraction of sp³-hybridized carbons (Fsp3) is 0. The third kappa shape index (κ3) is 1.76. The van der Waals surface area contributed by atoms with Crippen LogP contribution in [0.1, 0.15) is 0 Å². The summed E-state index contributed by atoms with van der Waals surface area (Å²) in [5.41, 5.74) is 3.57. The lowest BCUT2D eigenvalue weighted by atomic mass is 10.2. The van der Waals surface area contributed by atoms with E-state index in [0.717, 1.165) is 33.6 Å². The van der Waals surface area contributed by atoms with E-state index in [1.807, 2.05) is 29.8 Å². The molecule has 6 nitrogen and oxygen atoms in total. The molecule has 0 spiro atoms. The van der Waals surface area contributed by atoms with Crippen molar-refractivity contribution in [3.8, 4) is 33.6 Å². The van der Waals surface area contributed by atoms with Crippen molar-refractivity contribution in [3.05, 3.63) is 42.2 Å². The molecule has 0 saturated heterocycles. The molecule has 4 aromatic rings. The maximum Gasteiger partial charge on any atom is 0.156 e. The van der Waals surface area contributed by atoms with Crippen molar-refractivity contribution in [2.24, 2.45) is 0 Å². The van der Waals surface area contributed by atoms with E-state index in [0.29, 0.717) is 0 Å². The second kappa shape index (κ2) is 4.46. The van der Waals surface area contributed by atoms with Crippen molar-refractivity contribution < 1.29 is 0 Å². The molecular formula is C13H10N6S. The Morgan fingerprint density at radius 1 is 1.10 bits per heavy atom. The number of nitrogens with zero attached hydrogens (tertiary/aromatic N) is 3. The van der Waals surface area contributed by atoms with Crippen LogP contribution in [-0.4, -0.2) is 30.1 Å². The number of H-pyrrole nitrogens is 3. The summed E-state index contributed by atoms with van der Waals surface area (Å²) in [5.74, 6) is 0.747. The summed E-state index contributed by atoms with van der Waals surface area (Å²) in [6.07, 6.45) is 5.37. The molecule has 0 aliphatic rings. The number of hydrogen-bond donors (Lipinski definition) is 3. The quantitative estimate of drug-likeness (QED) is 0.540. The number of aromatic amines is 3. The van der Waals surface area contributed by atoms with Gasteiger partial charge < -0.3 is 9.97 Å². The maximum atomic E-state index is 4.66. The minimum atomic E-state index is 0.747. The van der Waals surface area contributed by atoms with Crippen LogP contribution in [0.4, 0.5) is 0 Å². The summed E-state index contributed by atoms with van der Waals surface area (Å²) in [5, 5.41) is 9.73. The zero-order valence-electron chi connectivity index (χ0n) is 10.3. The number of thiazole rings is 1. The Morgan fingerprint density at radius 2 is 2.10 bits per heavy atom. The van der Waals surface area contributed by atoms with E-state index in [4.69, 9.17) is 0 Å². The van der Waals surface area contributed by atoms with E-state index in [1.54, 1.807) is 23.7 Å². The smallest absolute Gasteiger partial charge is 0.156 e. The van der Waals surface area contributed by atoms with Gasteiger partial charge in [-0.2, -0.15) is 5.10 Å². The molecule has 0 aliphatic heterocycles. The van der Waals surface area contributed by atoms with E-state index >= 15 is 0 Å². The molecule has 4 rings (SSSR count). The first-order valence-corrected chi connectivity index (χ1v) is 6.93. The lowest BCUT2D eigenvalue weighted by molar-refractivity contribution is 1.08. The van der Waals surface area contributed by atoms with E-state index in [-0.39, 0.29) is 0 Å². The lowest BCUT2D eigenvalue weighted by Crippen LogP contribution is -1.82. The van der Waals surface area contributed by atoms with Crippen molar-refractivity contribution in [3.63, 3.8) is 0 Å². The van der Waals surface area contributed by atoms with Gasteiger partial charge in [0, 0.05) is 24.0 Å². The third-order valence-electron chi connectivity index (χ3n) is 2.96. The molecule has 0 radical (unpaired) electrons. The molecule has 0 aliphatic carbocycles. The highest BCUT2D eigenvalue weighted by molar-refractivity contribution is 7.13. The van der Waals surface area contributed by atoms with E-state index in [2.05, 4.69) is 30.1 Å². The van der Waals surface area contributed by atoms with Crippen LogP contribution in [0, 0.1) is 0 Å². The number of aromatic nitrogens is 6. The van der Waals surface area contributed by atoms with Crippen LogP contribution >= 0.6 is 11.3 Å². The summed E-state index contributed by atoms with van der Waals surface area (Å²) in [7, 11) is 0. The molecule has 0 bridgehead atoms. The summed E-state index contributed by atoms with van der Waals surface area (Å²) >= 11 is 1.58. The molecule has 0 aromatic carbocycles. The Bertz CT molecular complexity index is 744. The summed E-state index contributed by atoms with van der Waals surface area (Å²) in [6.45, 7) is 0. The van der Waals surface area contributed by atoms with Gasteiger partial charge in [0.2, 0.25) is 0 Å². The maximum absolute atomic E-state index is 4.66. The molecule has 20 heavy (non-hydrogen) atoms. The third-order valence-corrected chi connectivity index (χ3v) is 3.75. The minimum absolute atomic E-state index is 0.747. The fourth-order valence-electron chi connectivity index (χ4n) is 2.06. The molecule has 0 saturated carbocycles. The Balaban J connectivity index is 1.92. The monoisotopic (exact) mass is 282 g/mol. The standard InChI is InChI=1S/C13H10N6S/c1-2-8(14-4-1)10-11(13-15-6-7-20-13)18-12(17-10)9-3-5-16-19-9/h1-7,14H,(H,16,19)(H,17,18). The van der Waals surface area contributed by atoms with Crippen LogP contribution in [0.5, 0.6) is 0 Å². The predicted octanol–water partition coefficient (Wildman–Crippen LogP) is 2.92. The number of rotatable bonds is 3. The topological polar surface area (TPSA) is 86.0 Å². The van der Waals surface area contributed by atoms with Gasteiger partial charge in [0.25, 0.3) is 0 Å². The second-order valence-corrected chi connectivity index (χ2v) is 5.09. The summed E-state index contributed by atoms with van der Waals surface area (Å²) in [6, 6.07) is 5.82. The molecule has 4 heterocycles. The highest BCUT2D eigenvalue weighted by atomic mass is 32.1. The Kier molecular flexibility index (Phi) is 2.49. The summed E-state index contributed by atoms with van der Waals surface area (Å²) < 4.78 is 0. The lowest BCUT2D eigenvalue weighted by Gasteiger charge is -1.95. The van der Waals surface area contributed by atoms with Gasteiger partial charge in [-0.05, 0) is 18.2 Å². The highest BCUT2D eigenvalue weighted by Crippen LogP contribution is 2.32. The normalized spacial score (nSPS) is 11.0. The number of hydrogen-bond acceptors (Lipinski definition) is 4. The molecule has 0 atom stereocenters. The SMILES string of the molecule is c1c[nH]c(-c2nc(-c3ccn[nH]3)[nH]c2-c2nccs2)c1. The average molecular weight is 282 g/mol. The van der Waals surface area contributed by atoms with Gasteiger partial charge in [0.05, 0.1) is 5.69 Å². The van der Waals surface area contributed by atoms with Crippen LogP contribution in [0.2, 0.25) is 0 Å².